The number of carboxylic acid groups (broad SMARTS) is 1. The topological polar surface area (TPSA) is 57.6 Å². The van der Waals surface area contributed by atoms with Gasteiger partial charge < -0.3 is 10.0 Å². The van der Waals surface area contributed by atoms with Gasteiger partial charge in [0.25, 0.3) is 0 Å². The van der Waals surface area contributed by atoms with Crippen molar-refractivity contribution in [2.24, 2.45) is 0 Å². The molecule has 0 saturated heterocycles. The minimum absolute atomic E-state index is 0.0467. The summed E-state index contributed by atoms with van der Waals surface area (Å²) in [7, 11) is 1.78. The molecule has 0 aromatic heterocycles. The van der Waals surface area contributed by atoms with E-state index in [1.54, 1.807) is 11.9 Å². The molecule has 1 aromatic carbocycles. The van der Waals surface area contributed by atoms with E-state index in [2.05, 4.69) is 13.0 Å². The van der Waals surface area contributed by atoms with E-state index in [-0.39, 0.29) is 12.3 Å². The zero-order valence-corrected chi connectivity index (χ0v) is 13.5. The van der Waals surface area contributed by atoms with Crippen LogP contribution < -0.4 is 4.90 Å². The fraction of sp³-hybridized carbons (Fsp3) is 0.556. The van der Waals surface area contributed by atoms with Crippen molar-refractivity contribution < 1.29 is 14.7 Å². The molecule has 0 bridgehead atoms. The van der Waals surface area contributed by atoms with E-state index in [9.17, 15) is 9.59 Å². The molecule has 1 aliphatic carbocycles. The van der Waals surface area contributed by atoms with Crippen LogP contribution in [0.5, 0.6) is 0 Å². The number of fused-ring (bicyclic) bond motifs is 1. The highest BCUT2D eigenvalue weighted by atomic mass is 16.4. The summed E-state index contributed by atoms with van der Waals surface area (Å²) in [5.74, 6) is -0.677. The lowest BCUT2D eigenvalue weighted by Gasteiger charge is -2.22. The highest BCUT2D eigenvalue weighted by Gasteiger charge is 2.23. The van der Waals surface area contributed by atoms with Crippen molar-refractivity contribution in [3.05, 3.63) is 28.8 Å². The van der Waals surface area contributed by atoms with Gasteiger partial charge in [0.2, 0.25) is 0 Å². The van der Waals surface area contributed by atoms with Crippen LogP contribution in [0.2, 0.25) is 0 Å². The lowest BCUT2D eigenvalue weighted by atomic mass is 9.98. The molecule has 0 aliphatic heterocycles. The first-order chi connectivity index (χ1) is 10.5. The van der Waals surface area contributed by atoms with Gasteiger partial charge in [0.15, 0.2) is 5.78 Å². The summed E-state index contributed by atoms with van der Waals surface area (Å²) >= 11 is 0. The number of aliphatic carboxylic acids is 1. The normalized spacial score (nSPS) is 13.3. The zero-order chi connectivity index (χ0) is 16.1. The summed E-state index contributed by atoms with van der Waals surface area (Å²) in [6.07, 6.45) is 7.06. The number of carboxylic acids is 1. The number of rotatable bonds is 8. The molecule has 2 rings (SSSR count). The quantitative estimate of drug-likeness (QED) is 0.747. The fourth-order valence-corrected chi connectivity index (χ4v) is 3.12. The third-order valence-corrected chi connectivity index (χ3v) is 4.31. The lowest BCUT2D eigenvalue weighted by Crippen LogP contribution is -2.26. The number of benzene rings is 1. The number of ketones is 1. The second-order valence-corrected chi connectivity index (χ2v) is 6.12. The van der Waals surface area contributed by atoms with Crippen LogP contribution in [0.25, 0.3) is 0 Å². The van der Waals surface area contributed by atoms with Crippen LogP contribution in [0.4, 0.5) is 5.69 Å². The van der Waals surface area contributed by atoms with Gasteiger partial charge in [-0.25, -0.2) is 0 Å². The molecule has 0 saturated carbocycles. The average Bonchev–Trinajstić information content (AvgIpc) is 2.83. The third kappa shape index (κ3) is 3.87. The number of carbonyl (C=O) groups excluding carboxylic acids is 1. The summed E-state index contributed by atoms with van der Waals surface area (Å²) in [4.78, 5) is 24.7. The average molecular weight is 303 g/mol. The summed E-state index contributed by atoms with van der Waals surface area (Å²) in [6.45, 7) is 2.14. The molecule has 120 valence electrons. The molecule has 1 aromatic rings. The first kappa shape index (κ1) is 16.5. The van der Waals surface area contributed by atoms with E-state index in [0.717, 1.165) is 36.1 Å². The molecule has 1 N–H and O–H groups in total. The first-order valence-electron chi connectivity index (χ1n) is 8.14. The summed E-state index contributed by atoms with van der Waals surface area (Å²) in [6, 6.07) is 4.03. The number of likely N-dealkylation sites (N-methyl/N-ethyl adjacent to an activating group) is 1. The van der Waals surface area contributed by atoms with E-state index in [1.807, 2.05) is 6.07 Å². The number of hydrogen-bond donors (Lipinski definition) is 1. The number of unbranched alkanes of at least 4 members (excludes halogenated alkanes) is 3. The van der Waals surface area contributed by atoms with Gasteiger partial charge in [0, 0.05) is 24.7 Å². The van der Waals surface area contributed by atoms with Crippen molar-refractivity contribution in [3.63, 3.8) is 0 Å². The smallest absolute Gasteiger partial charge is 0.323 e. The molecule has 1 aliphatic rings. The van der Waals surface area contributed by atoms with E-state index < -0.39 is 5.97 Å². The molecule has 0 radical (unpaired) electrons. The van der Waals surface area contributed by atoms with Gasteiger partial charge in [-0.3, -0.25) is 9.59 Å². The minimum atomic E-state index is -0.855. The molecule has 4 nitrogen and oxygen atoms in total. The molecular weight excluding hydrogens is 278 g/mol. The standard InChI is InChI=1S/C18H25NO3/c1-3-4-5-6-7-14-10-13-8-9-17(20)15(13)11-16(14)19(2)12-18(21)22/h10-11H,3-9,12H2,1-2H3,(H,21,22). The van der Waals surface area contributed by atoms with Crippen molar-refractivity contribution in [1.29, 1.82) is 0 Å². The maximum absolute atomic E-state index is 11.9. The summed E-state index contributed by atoms with van der Waals surface area (Å²) in [5.41, 5.74) is 3.98. The van der Waals surface area contributed by atoms with Gasteiger partial charge in [0.05, 0.1) is 0 Å². The number of carbonyl (C=O) groups is 2. The predicted octanol–water partition coefficient (Wildman–Crippen LogP) is 3.46. The van der Waals surface area contributed by atoms with Gasteiger partial charge in [-0.05, 0) is 36.5 Å². The monoisotopic (exact) mass is 303 g/mol. The highest BCUT2D eigenvalue weighted by Crippen LogP contribution is 2.31. The second kappa shape index (κ2) is 7.43. The van der Waals surface area contributed by atoms with Crippen LogP contribution in [0.1, 0.15) is 60.5 Å². The SMILES string of the molecule is CCCCCCc1cc2c(cc1N(C)CC(=O)O)C(=O)CC2. The van der Waals surface area contributed by atoms with E-state index in [1.165, 1.54) is 24.8 Å². The molecule has 0 unspecified atom stereocenters. The molecule has 0 spiro atoms. The van der Waals surface area contributed by atoms with Crippen LogP contribution >= 0.6 is 0 Å². The Hall–Kier alpha value is -1.84. The van der Waals surface area contributed by atoms with Crippen molar-refractivity contribution >= 4 is 17.4 Å². The first-order valence-corrected chi connectivity index (χ1v) is 8.14. The van der Waals surface area contributed by atoms with Crippen molar-refractivity contribution in [2.75, 3.05) is 18.5 Å². The number of hydrogen-bond acceptors (Lipinski definition) is 3. The lowest BCUT2D eigenvalue weighted by molar-refractivity contribution is -0.135. The van der Waals surface area contributed by atoms with Gasteiger partial charge >= 0.3 is 5.97 Å². The fourth-order valence-electron chi connectivity index (χ4n) is 3.12. The Kier molecular flexibility index (Phi) is 5.58. The largest absolute Gasteiger partial charge is 0.480 e. The summed E-state index contributed by atoms with van der Waals surface area (Å²) in [5, 5.41) is 9.02. The van der Waals surface area contributed by atoms with Crippen molar-refractivity contribution in [2.45, 2.75) is 51.9 Å². The molecular formula is C18H25NO3. The maximum Gasteiger partial charge on any atom is 0.323 e. The van der Waals surface area contributed by atoms with Gasteiger partial charge in [-0.2, -0.15) is 0 Å². The maximum atomic E-state index is 11.9. The van der Waals surface area contributed by atoms with Crippen LogP contribution in [-0.2, 0) is 17.6 Å². The van der Waals surface area contributed by atoms with E-state index >= 15 is 0 Å². The molecule has 4 heteroatoms. The predicted molar refractivity (Wildman–Crippen MR) is 87.8 cm³/mol. The number of anilines is 1. The molecule has 0 heterocycles. The van der Waals surface area contributed by atoms with Crippen LogP contribution in [0, 0.1) is 0 Å². The number of nitrogens with zero attached hydrogens (tertiary/aromatic N) is 1. The number of Topliss-reactive ketones (excluding diaryl/α,β-unsaturated/α-hetero) is 1. The molecule has 0 fully saturated rings. The molecule has 0 amide bonds. The van der Waals surface area contributed by atoms with Gasteiger partial charge in [0.1, 0.15) is 6.54 Å². The zero-order valence-electron chi connectivity index (χ0n) is 13.5. The molecule has 0 atom stereocenters. The van der Waals surface area contributed by atoms with Crippen LogP contribution in [-0.4, -0.2) is 30.5 Å². The minimum Gasteiger partial charge on any atom is -0.480 e. The summed E-state index contributed by atoms with van der Waals surface area (Å²) < 4.78 is 0. The van der Waals surface area contributed by atoms with E-state index in [4.69, 9.17) is 5.11 Å². The Morgan fingerprint density at radius 2 is 2.00 bits per heavy atom. The molecule has 22 heavy (non-hydrogen) atoms. The Bertz CT molecular complexity index is 566. The van der Waals surface area contributed by atoms with E-state index in [0.29, 0.717) is 6.42 Å². The third-order valence-electron chi connectivity index (χ3n) is 4.31. The van der Waals surface area contributed by atoms with Crippen LogP contribution in [0.3, 0.4) is 0 Å². The Morgan fingerprint density at radius 3 is 2.68 bits per heavy atom. The highest BCUT2D eigenvalue weighted by molar-refractivity contribution is 6.01. The van der Waals surface area contributed by atoms with Crippen molar-refractivity contribution in [1.82, 2.24) is 0 Å². The Morgan fingerprint density at radius 1 is 1.23 bits per heavy atom. The van der Waals surface area contributed by atoms with Crippen molar-refractivity contribution in [3.8, 4) is 0 Å². The van der Waals surface area contributed by atoms with Gasteiger partial charge in [-0.15, -0.1) is 0 Å². The second-order valence-electron chi connectivity index (χ2n) is 6.12. The van der Waals surface area contributed by atoms with Gasteiger partial charge in [-0.1, -0.05) is 32.3 Å². The van der Waals surface area contributed by atoms with Crippen LogP contribution in [0.15, 0.2) is 12.1 Å². The Labute approximate surface area is 132 Å². The Balaban J connectivity index is 2.24. The number of aryl methyl sites for hydroxylation is 2.